The zero-order valence-electron chi connectivity index (χ0n) is 30.7. The Labute approximate surface area is 316 Å². The predicted molar refractivity (Wildman–Crippen MR) is 209 cm³/mol. The van der Waals surface area contributed by atoms with Crippen molar-refractivity contribution in [2.75, 3.05) is 13.6 Å². The van der Waals surface area contributed by atoms with E-state index < -0.39 is 12.4 Å². The number of hydrogen-bond acceptors (Lipinski definition) is 8. The molecule has 9 nitrogen and oxygen atoms in total. The van der Waals surface area contributed by atoms with E-state index in [1.165, 1.54) is 6.20 Å². The first-order valence-electron chi connectivity index (χ1n) is 18.4. The van der Waals surface area contributed by atoms with Crippen molar-refractivity contribution >= 4 is 16.9 Å². The van der Waals surface area contributed by atoms with Gasteiger partial charge < -0.3 is 25.0 Å². The van der Waals surface area contributed by atoms with Crippen LogP contribution in [-0.4, -0.2) is 56.7 Å². The van der Waals surface area contributed by atoms with Crippen LogP contribution in [0, 0.1) is 5.92 Å². The van der Waals surface area contributed by atoms with E-state index in [-0.39, 0.29) is 42.4 Å². The summed E-state index contributed by atoms with van der Waals surface area (Å²) in [6.07, 6.45) is -0.219. The predicted octanol–water partition coefficient (Wildman–Crippen LogP) is 7.56. The minimum atomic E-state index is -0.648. The Hall–Kier alpha value is -5.29. The first-order valence-corrected chi connectivity index (χ1v) is 18.4. The maximum atomic E-state index is 12.9. The highest BCUT2D eigenvalue weighted by atomic mass is 16.7. The van der Waals surface area contributed by atoms with Gasteiger partial charge >= 0.3 is 0 Å². The third kappa shape index (κ3) is 8.41. The second-order valence-corrected chi connectivity index (χ2v) is 14.1. The van der Waals surface area contributed by atoms with Crippen LogP contribution in [0.25, 0.3) is 22.2 Å². The van der Waals surface area contributed by atoms with Gasteiger partial charge in [-0.15, -0.1) is 0 Å². The normalized spacial score (nSPS) is 19.7. The molecule has 1 saturated heterocycles. The van der Waals surface area contributed by atoms with Crippen molar-refractivity contribution < 1.29 is 24.5 Å². The molecule has 1 aliphatic heterocycles. The van der Waals surface area contributed by atoms with Gasteiger partial charge in [0.05, 0.1) is 42.1 Å². The fourth-order valence-electron chi connectivity index (χ4n) is 6.98. The zero-order valence-corrected chi connectivity index (χ0v) is 30.7. The quantitative estimate of drug-likeness (QED) is 0.119. The molecule has 0 spiro atoms. The molecule has 1 fully saturated rings. The summed E-state index contributed by atoms with van der Waals surface area (Å²) < 4.78 is 13.4. The number of rotatable bonds is 12. The molecular formula is C45H46N4O5. The first-order chi connectivity index (χ1) is 26.3. The summed E-state index contributed by atoms with van der Waals surface area (Å²) in [6.45, 7) is 5.09. The van der Waals surface area contributed by atoms with E-state index in [1.807, 2.05) is 123 Å². The van der Waals surface area contributed by atoms with Gasteiger partial charge in [0.1, 0.15) is 5.69 Å². The van der Waals surface area contributed by atoms with Gasteiger partial charge in [0.25, 0.3) is 5.91 Å². The fraction of sp³-hybridized carbons (Fsp3) is 0.267. The lowest BCUT2D eigenvalue weighted by Gasteiger charge is -2.43. The molecule has 276 valence electrons. The minimum absolute atomic E-state index is 0.000490. The minimum Gasteiger partial charge on any atom is -0.392 e. The number of carbonyl (C=O) groups is 1. The largest absolute Gasteiger partial charge is 0.392 e. The van der Waals surface area contributed by atoms with Crippen molar-refractivity contribution in [2.24, 2.45) is 5.92 Å². The maximum Gasteiger partial charge on any atom is 0.271 e. The molecule has 9 heteroatoms. The lowest BCUT2D eigenvalue weighted by molar-refractivity contribution is -0.276. The summed E-state index contributed by atoms with van der Waals surface area (Å²) >= 11 is 0. The van der Waals surface area contributed by atoms with E-state index >= 15 is 0 Å². The molecule has 0 bridgehead atoms. The summed E-state index contributed by atoms with van der Waals surface area (Å²) in [5, 5.41) is 23.8. The van der Waals surface area contributed by atoms with Gasteiger partial charge in [-0.05, 0) is 65.6 Å². The third-order valence-electron chi connectivity index (χ3n) is 10.5. The van der Waals surface area contributed by atoms with Gasteiger partial charge in [-0.3, -0.25) is 14.7 Å². The molecule has 1 aliphatic rings. The van der Waals surface area contributed by atoms with Crippen LogP contribution in [-0.2, 0) is 22.6 Å². The Morgan fingerprint density at radius 1 is 0.815 bits per heavy atom. The number of para-hydroxylation sites is 2. The van der Waals surface area contributed by atoms with Crippen molar-refractivity contribution in [3.8, 4) is 11.1 Å². The third-order valence-corrected chi connectivity index (χ3v) is 10.5. The number of likely N-dealkylation sites (N-methyl/N-ethyl adjacent to an activating group) is 1. The van der Waals surface area contributed by atoms with E-state index in [4.69, 9.17) is 9.47 Å². The van der Waals surface area contributed by atoms with E-state index in [9.17, 15) is 15.0 Å². The fourth-order valence-corrected chi connectivity index (χ4v) is 6.98. The first kappa shape index (κ1) is 37.0. The maximum absolute atomic E-state index is 12.9. The summed E-state index contributed by atoms with van der Waals surface area (Å²) in [7, 11) is 2.02. The molecule has 6 atom stereocenters. The van der Waals surface area contributed by atoms with Gasteiger partial charge in [0.2, 0.25) is 0 Å². The molecule has 3 N–H and O–H groups in total. The van der Waals surface area contributed by atoms with Gasteiger partial charge in [0.15, 0.2) is 6.29 Å². The zero-order chi connectivity index (χ0) is 37.6. The smallest absolute Gasteiger partial charge is 0.271 e. The molecule has 54 heavy (non-hydrogen) atoms. The number of nitrogens with zero attached hydrogens (tertiary/aromatic N) is 3. The molecule has 0 radical (unpaired) electrons. The van der Waals surface area contributed by atoms with Crippen LogP contribution in [0.5, 0.6) is 0 Å². The van der Waals surface area contributed by atoms with Crippen molar-refractivity contribution in [1.29, 1.82) is 0 Å². The standard InChI is InChI=1S/C45H46N4O5/c1-29-41(27-49(3)30(2)42(51)34-11-5-4-6-12-34)53-45(54-43(29)35-18-16-31(28-50)17-19-35)36-22-20-33(21-23-36)37-13-9-10-32(24-37)25-47-44(52)40-26-46-38-14-7-8-15-39(38)48-40/h4-24,26,29-30,41-43,45,50-51H,25,27-28H2,1-3H3,(H,47,52)/t29-,30+,41+,42+,43+,45+/m1/s1. The number of amides is 1. The molecule has 0 saturated carbocycles. The topological polar surface area (TPSA) is 117 Å². The van der Waals surface area contributed by atoms with Crippen LogP contribution in [0.3, 0.4) is 0 Å². The monoisotopic (exact) mass is 722 g/mol. The van der Waals surface area contributed by atoms with Gasteiger partial charge in [-0.2, -0.15) is 0 Å². The van der Waals surface area contributed by atoms with E-state index in [0.717, 1.165) is 44.5 Å². The molecule has 0 aliphatic carbocycles. The average Bonchev–Trinajstić information content (AvgIpc) is 3.23. The Kier molecular flexibility index (Phi) is 11.5. The second kappa shape index (κ2) is 16.8. The van der Waals surface area contributed by atoms with E-state index in [1.54, 1.807) is 0 Å². The Morgan fingerprint density at radius 3 is 2.26 bits per heavy atom. The molecule has 7 rings (SSSR count). The second-order valence-electron chi connectivity index (χ2n) is 14.1. The van der Waals surface area contributed by atoms with Crippen molar-refractivity contribution in [3.05, 3.63) is 167 Å². The summed E-state index contributed by atoms with van der Waals surface area (Å²) in [6, 6.07) is 41.3. The molecule has 1 amide bonds. The number of ether oxygens (including phenoxy) is 2. The molecule has 1 aromatic heterocycles. The van der Waals surface area contributed by atoms with Gasteiger partial charge in [-0.25, -0.2) is 4.98 Å². The van der Waals surface area contributed by atoms with Crippen molar-refractivity contribution in [2.45, 2.75) is 57.6 Å². The van der Waals surface area contributed by atoms with E-state index in [2.05, 4.69) is 45.3 Å². The highest BCUT2D eigenvalue weighted by Gasteiger charge is 2.39. The van der Waals surface area contributed by atoms with Gasteiger partial charge in [-0.1, -0.05) is 116 Å². The summed E-state index contributed by atoms with van der Waals surface area (Å²) in [4.78, 5) is 23.9. The number of hydrogen-bond donors (Lipinski definition) is 3. The Balaban J connectivity index is 1.06. The number of carbonyl (C=O) groups excluding carboxylic acids is 1. The van der Waals surface area contributed by atoms with Crippen LogP contribution in [0.15, 0.2) is 134 Å². The van der Waals surface area contributed by atoms with Crippen LogP contribution in [0.1, 0.15) is 70.7 Å². The van der Waals surface area contributed by atoms with Crippen LogP contribution in [0.2, 0.25) is 0 Å². The van der Waals surface area contributed by atoms with Crippen molar-refractivity contribution in [3.63, 3.8) is 0 Å². The number of aliphatic hydroxyl groups is 2. The van der Waals surface area contributed by atoms with E-state index in [0.29, 0.717) is 18.6 Å². The number of fused-ring (bicyclic) bond motifs is 1. The number of aromatic nitrogens is 2. The van der Waals surface area contributed by atoms with Crippen LogP contribution >= 0.6 is 0 Å². The Bertz CT molecular complexity index is 2160. The molecule has 0 unspecified atom stereocenters. The number of aliphatic hydroxyl groups excluding tert-OH is 2. The average molecular weight is 723 g/mol. The summed E-state index contributed by atoms with van der Waals surface area (Å²) in [5.74, 6) is -0.278. The lowest BCUT2D eigenvalue weighted by atomic mass is 9.89. The molecule has 6 aromatic rings. The molecular weight excluding hydrogens is 677 g/mol. The summed E-state index contributed by atoms with van der Waals surface area (Å²) in [5.41, 5.74) is 8.34. The molecule has 5 aromatic carbocycles. The number of benzene rings is 5. The highest BCUT2D eigenvalue weighted by molar-refractivity contribution is 5.93. The van der Waals surface area contributed by atoms with Crippen LogP contribution < -0.4 is 5.32 Å². The van der Waals surface area contributed by atoms with Crippen LogP contribution in [0.4, 0.5) is 0 Å². The van der Waals surface area contributed by atoms with Gasteiger partial charge in [0, 0.05) is 30.6 Å². The highest BCUT2D eigenvalue weighted by Crippen LogP contribution is 2.42. The lowest BCUT2D eigenvalue weighted by Crippen LogP contribution is -2.46. The number of nitrogens with one attached hydrogen (secondary N) is 1. The van der Waals surface area contributed by atoms with Crippen molar-refractivity contribution in [1.82, 2.24) is 20.2 Å². The Morgan fingerprint density at radius 2 is 1.52 bits per heavy atom. The molecule has 2 heterocycles. The SMILES string of the molecule is C[C@@H]1[C@H](CN(C)[C@@H](C)[C@H](O)c2ccccc2)O[C@H](c2ccc(-c3cccc(CNC(=O)c4cnc5ccccc5n4)c3)cc2)O[C@@H]1c1ccc(CO)cc1.